The number of piperazine rings is 1. The molecule has 0 amide bonds. The van der Waals surface area contributed by atoms with Gasteiger partial charge in [0.15, 0.2) is 0 Å². The highest BCUT2D eigenvalue weighted by atomic mass is 35.5. The molecular weight excluding hydrogens is 560 g/mol. The van der Waals surface area contributed by atoms with Crippen molar-refractivity contribution in [1.29, 1.82) is 0 Å². The molecule has 1 aromatic carbocycles. The number of halogens is 1. The van der Waals surface area contributed by atoms with Crippen LogP contribution in [0.4, 0.5) is 5.82 Å². The van der Waals surface area contributed by atoms with Crippen molar-refractivity contribution in [2.75, 3.05) is 37.6 Å². The van der Waals surface area contributed by atoms with Gasteiger partial charge in [0.25, 0.3) is 10.2 Å². The number of benzene rings is 1. The van der Waals surface area contributed by atoms with E-state index in [-0.39, 0.29) is 0 Å². The summed E-state index contributed by atoms with van der Waals surface area (Å²) in [6, 6.07) is 11.1. The van der Waals surface area contributed by atoms with Crippen LogP contribution in [0.15, 0.2) is 48.9 Å². The van der Waals surface area contributed by atoms with Gasteiger partial charge in [-0.25, -0.2) is 15.1 Å². The van der Waals surface area contributed by atoms with Gasteiger partial charge in [0.05, 0.1) is 10.6 Å². The van der Waals surface area contributed by atoms with Crippen LogP contribution in [0.25, 0.3) is 11.4 Å². The summed E-state index contributed by atoms with van der Waals surface area (Å²) >= 11 is 6.70. The van der Waals surface area contributed by atoms with E-state index in [1.54, 1.807) is 12.4 Å². The molecule has 0 spiro atoms. The first-order valence-corrected chi connectivity index (χ1v) is 16.2. The third kappa shape index (κ3) is 7.28. The Hall–Kier alpha value is -2.54. The topological polar surface area (TPSA) is 123 Å². The molecular formula is C29H41ClN8O2S. The minimum atomic E-state index is -3.79. The predicted molar refractivity (Wildman–Crippen MR) is 164 cm³/mol. The fourth-order valence-electron chi connectivity index (χ4n) is 6.23. The Balaban J connectivity index is 1.14. The van der Waals surface area contributed by atoms with Crippen molar-refractivity contribution in [3.05, 3.63) is 65.1 Å². The van der Waals surface area contributed by atoms with Crippen LogP contribution in [0.2, 0.25) is 5.02 Å². The molecule has 0 radical (unpaired) electrons. The van der Waals surface area contributed by atoms with Crippen LogP contribution in [0.1, 0.15) is 51.2 Å². The summed E-state index contributed by atoms with van der Waals surface area (Å²) in [5.41, 5.74) is 2.22. The monoisotopic (exact) mass is 600 g/mol. The molecule has 12 heteroatoms. The average Bonchev–Trinajstić information content (AvgIpc) is 3.47. The van der Waals surface area contributed by atoms with Crippen molar-refractivity contribution >= 4 is 27.6 Å². The molecule has 2 fully saturated rings. The number of rotatable bonds is 9. The van der Waals surface area contributed by atoms with E-state index in [1.165, 1.54) is 5.56 Å². The molecule has 41 heavy (non-hydrogen) atoms. The molecule has 0 saturated carbocycles. The molecule has 5 rings (SSSR count). The van der Waals surface area contributed by atoms with Crippen LogP contribution >= 0.6 is 11.6 Å². The number of aromatic amines is 1. The number of H-pyrrole nitrogens is 1. The van der Waals surface area contributed by atoms with Crippen LogP contribution in [-0.2, 0) is 22.3 Å². The van der Waals surface area contributed by atoms with Gasteiger partial charge in [-0.2, -0.15) is 13.1 Å². The van der Waals surface area contributed by atoms with Gasteiger partial charge in [-0.15, -0.1) is 0 Å². The summed E-state index contributed by atoms with van der Waals surface area (Å²) < 4.78 is 25.5. The Kier molecular flexibility index (Phi) is 9.03. The number of hydrogen-bond acceptors (Lipinski definition) is 7. The van der Waals surface area contributed by atoms with Crippen LogP contribution in [0, 0.1) is 0 Å². The second-order valence-corrected chi connectivity index (χ2v) is 13.4. The summed E-state index contributed by atoms with van der Waals surface area (Å²) in [4.78, 5) is 19.7. The molecule has 2 saturated heterocycles. The van der Waals surface area contributed by atoms with Gasteiger partial charge in [-0.05, 0) is 63.4 Å². The van der Waals surface area contributed by atoms with Gasteiger partial charge in [-0.1, -0.05) is 42.8 Å². The van der Waals surface area contributed by atoms with Crippen LogP contribution in [0.3, 0.4) is 0 Å². The summed E-state index contributed by atoms with van der Waals surface area (Å²) in [6.45, 7) is 11.7. The molecule has 4 N–H and O–H groups in total. The maximum absolute atomic E-state index is 11.5. The molecule has 4 heterocycles. The van der Waals surface area contributed by atoms with Gasteiger partial charge < -0.3 is 9.88 Å². The van der Waals surface area contributed by atoms with Gasteiger partial charge in [0.1, 0.15) is 11.6 Å². The smallest absolute Gasteiger partial charge is 0.275 e. The molecule has 0 aliphatic carbocycles. The third-order valence-electron chi connectivity index (χ3n) is 8.40. The SMILES string of the molecule is CC[C@H]1CN(c2ncc(-c3ncc[nH]3)cc2Cl)CCN1C1CCN(Cc2ccc(C(C)(C)NS(N)(=O)=O)cc2)CC1. The highest BCUT2D eigenvalue weighted by Gasteiger charge is 2.34. The number of piperidine rings is 1. The van der Waals surface area contributed by atoms with Crippen molar-refractivity contribution in [2.24, 2.45) is 5.14 Å². The number of nitrogens with two attached hydrogens (primary N) is 1. The van der Waals surface area contributed by atoms with Crippen LogP contribution in [-0.4, -0.2) is 78.0 Å². The summed E-state index contributed by atoms with van der Waals surface area (Å²) in [7, 11) is -3.79. The zero-order valence-corrected chi connectivity index (χ0v) is 25.6. The maximum atomic E-state index is 11.5. The van der Waals surface area contributed by atoms with E-state index in [4.69, 9.17) is 21.7 Å². The van der Waals surface area contributed by atoms with E-state index in [2.05, 4.69) is 48.4 Å². The lowest BCUT2D eigenvalue weighted by atomic mass is 9.94. The molecule has 222 valence electrons. The molecule has 1 atom stereocenters. The Morgan fingerprint density at radius 1 is 1.12 bits per heavy atom. The lowest BCUT2D eigenvalue weighted by Gasteiger charge is -2.47. The average molecular weight is 601 g/mol. The molecule has 3 aromatic rings. The Bertz CT molecular complexity index is 1410. The van der Waals surface area contributed by atoms with E-state index < -0.39 is 15.7 Å². The lowest BCUT2D eigenvalue weighted by molar-refractivity contribution is 0.0610. The normalized spacial score (nSPS) is 20.0. The fourth-order valence-corrected chi connectivity index (χ4v) is 7.35. The van der Waals surface area contributed by atoms with E-state index in [0.717, 1.165) is 81.3 Å². The number of pyridine rings is 1. The summed E-state index contributed by atoms with van der Waals surface area (Å²) in [6.07, 6.45) is 8.75. The molecule has 0 bridgehead atoms. The zero-order valence-electron chi connectivity index (χ0n) is 24.1. The lowest BCUT2D eigenvalue weighted by Crippen LogP contribution is -2.58. The minimum Gasteiger partial charge on any atom is -0.353 e. The van der Waals surface area contributed by atoms with Gasteiger partial charge in [0, 0.05) is 62.4 Å². The number of anilines is 1. The number of likely N-dealkylation sites (tertiary alicyclic amines) is 1. The Labute approximate surface area is 248 Å². The van der Waals surface area contributed by atoms with Gasteiger partial charge >= 0.3 is 0 Å². The molecule has 2 aromatic heterocycles. The highest BCUT2D eigenvalue weighted by molar-refractivity contribution is 7.87. The van der Waals surface area contributed by atoms with E-state index >= 15 is 0 Å². The van der Waals surface area contributed by atoms with Crippen LogP contribution < -0.4 is 14.8 Å². The maximum Gasteiger partial charge on any atom is 0.275 e. The highest BCUT2D eigenvalue weighted by Crippen LogP contribution is 2.31. The van der Waals surface area contributed by atoms with Crippen molar-refractivity contribution in [3.63, 3.8) is 0 Å². The number of aromatic nitrogens is 3. The van der Waals surface area contributed by atoms with Gasteiger partial charge in [-0.3, -0.25) is 9.80 Å². The quantitative estimate of drug-likeness (QED) is 0.342. The Morgan fingerprint density at radius 3 is 2.46 bits per heavy atom. The molecule has 2 aliphatic heterocycles. The second-order valence-electron chi connectivity index (χ2n) is 11.7. The first kappa shape index (κ1) is 29.9. The van der Waals surface area contributed by atoms with Crippen molar-refractivity contribution in [1.82, 2.24) is 29.5 Å². The number of nitrogens with zero attached hydrogens (tertiary/aromatic N) is 5. The standard InChI is InChI=1S/C29H41ClN8O2S/c1-4-24-20-37(28-26(30)17-22(18-34-28)27-32-11-12-33-27)15-16-38(24)25-9-13-36(14-10-25)19-21-5-7-23(8-6-21)29(2,3)35-41(31,39)40/h5-8,11-12,17-18,24-25,35H,4,9-10,13-16,19-20H2,1-3H3,(H,32,33)(H2,31,39,40)/t24-/m0/s1. The molecule has 10 nitrogen and oxygen atoms in total. The van der Waals surface area contributed by atoms with E-state index in [9.17, 15) is 8.42 Å². The fraction of sp³-hybridized carbons (Fsp3) is 0.517. The summed E-state index contributed by atoms with van der Waals surface area (Å²) in [5.74, 6) is 1.62. The Morgan fingerprint density at radius 2 is 1.85 bits per heavy atom. The zero-order chi connectivity index (χ0) is 29.2. The number of imidazole rings is 1. The van der Waals surface area contributed by atoms with E-state index in [1.807, 2.05) is 38.2 Å². The number of hydrogen-bond donors (Lipinski definition) is 3. The van der Waals surface area contributed by atoms with Crippen molar-refractivity contribution in [3.8, 4) is 11.4 Å². The predicted octanol–water partition coefficient (Wildman–Crippen LogP) is 3.72. The minimum absolute atomic E-state index is 0.463. The largest absolute Gasteiger partial charge is 0.353 e. The van der Waals surface area contributed by atoms with Crippen molar-refractivity contribution < 1.29 is 8.42 Å². The number of nitrogens with one attached hydrogen (secondary N) is 2. The first-order chi connectivity index (χ1) is 19.5. The molecule has 2 aliphatic rings. The second kappa shape index (κ2) is 12.4. The van der Waals surface area contributed by atoms with Crippen LogP contribution in [0.5, 0.6) is 0 Å². The molecule has 0 unspecified atom stereocenters. The summed E-state index contributed by atoms with van der Waals surface area (Å²) in [5, 5.41) is 5.85. The third-order valence-corrected chi connectivity index (χ3v) is 9.47. The van der Waals surface area contributed by atoms with Gasteiger partial charge in [0.2, 0.25) is 0 Å². The van der Waals surface area contributed by atoms with Crippen molar-refractivity contribution in [2.45, 2.75) is 64.2 Å². The first-order valence-electron chi connectivity index (χ1n) is 14.3. The van der Waals surface area contributed by atoms with E-state index in [0.29, 0.717) is 17.1 Å².